The van der Waals surface area contributed by atoms with Crippen LogP contribution in [0.25, 0.3) is 10.9 Å². The summed E-state index contributed by atoms with van der Waals surface area (Å²) in [6, 6.07) is 6.15. The molecule has 0 atom stereocenters. The Morgan fingerprint density at radius 2 is 1.78 bits per heavy atom. The third-order valence-electron chi connectivity index (χ3n) is 3.91. The highest BCUT2D eigenvalue weighted by atomic mass is 32.1. The van der Waals surface area contributed by atoms with Crippen LogP contribution in [-0.2, 0) is 9.31 Å². The predicted molar refractivity (Wildman–Crippen MR) is 75.3 cm³/mol. The van der Waals surface area contributed by atoms with E-state index in [0.717, 1.165) is 16.4 Å². The molecule has 0 amide bonds. The van der Waals surface area contributed by atoms with Gasteiger partial charge >= 0.3 is 7.12 Å². The van der Waals surface area contributed by atoms with Crippen molar-refractivity contribution in [3.63, 3.8) is 0 Å². The number of nitrogens with zero attached hydrogens (tertiary/aromatic N) is 1. The van der Waals surface area contributed by atoms with E-state index >= 15 is 0 Å². The second-order valence-electron chi connectivity index (χ2n) is 5.72. The molecule has 3 nitrogen and oxygen atoms in total. The standard InChI is InChI=1S/C13H16BNO2S/c1-12(2)13(3,4)17-14(16-12)10-5-6-11-9(7-10)8-18-15-11/h5-8H,1-4H3. The quantitative estimate of drug-likeness (QED) is 0.739. The molecule has 0 radical (unpaired) electrons. The normalized spacial score (nSPS) is 21.7. The Morgan fingerprint density at radius 3 is 2.44 bits per heavy atom. The SMILES string of the molecule is CC1(C)OB(c2ccc3nscc3c2)OC1(C)C. The Kier molecular flexibility index (Phi) is 2.56. The van der Waals surface area contributed by atoms with Gasteiger partial charge in [-0.25, -0.2) is 0 Å². The predicted octanol–water partition coefficient (Wildman–Crippen LogP) is 2.60. The molecule has 18 heavy (non-hydrogen) atoms. The van der Waals surface area contributed by atoms with Gasteiger partial charge in [-0.2, -0.15) is 4.37 Å². The van der Waals surface area contributed by atoms with Crippen molar-refractivity contribution in [2.45, 2.75) is 38.9 Å². The first kappa shape index (κ1) is 12.1. The van der Waals surface area contributed by atoms with Crippen LogP contribution in [-0.4, -0.2) is 22.7 Å². The number of rotatable bonds is 1. The summed E-state index contributed by atoms with van der Waals surface area (Å²) in [5.41, 5.74) is 1.50. The van der Waals surface area contributed by atoms with E-state index in [1.54, 1.807) is 0 Å². The summed E-state index contributed by atoms with van der Waals surface area (Å²) in [6.45, 7) is 8.27. The Bertz CT molecular complexity index is 577. The maximum Gasteiger partial charge on any atom is 0.494 e. The lowest BCUT2D eigenvalue weighted by Crippen LogP contribution is -2.41. The van der Waals surface area contributed by atoms with Gasteiger partial charge in [-0.1, -0.05) is 12.1 Å². The average molecular weight is 261 g/mol. The van der Waals surface area contributed by atoms with Gasteiger partial charge in [-0.15, -0.1) is 0 Å². The third kappa shape index (κ3) is 1.78. The Labute approximate surface area is 111 Å². The van der Waals surface area contributed by atoms with Gasteiger partial charge in [0.05, 0.1) is 16.7 Å². The van der Waals surface area contributed by atoms with Crippen molar-refractivity contribution in [2.75, 3.05) is 0 Å². The van der Waals surface area contributed by atoms with E-state index in [2.05, 4.69) is 38.1 Å². The van der Waals surface area contributed by atoms with Gasteiger partial charge in [0.1, 0.15) is 0 Å². The van der Waals surface area contributed by atoms with Crippen molar-refractivity contribution in [1.82, 2.24) is 4.37 Å². The highest BCUT2D eigenvalue weighted by molar-refractivity contribution is 7.04. The van der Waals surface area contributed by atoms with Gasteiger partial charge < -0.3 is 9.31 Å². The molecule has 0 spiro atoms. The highest BCUT2D eigenvalue weighted by Crippen LogP contribution is 2.36. The lowest BCUT2D eigenvalue weighted by Gasteiger charge is -2.32. The van der Waals surface area contributed by atoms with Crippen LogP contribution >= 0.6 is 11.5 Å². The maximum atomic E-state index is 6.04. The lowest BCUT2D eigenvalue weighted by molar-refractivity contribution is 0.00578. The summed E-state index contributed by atoms with van der Waals surface area (Å²) in [6.07, 6.45) is 0. The molecule has 0 N–H and O–H groups in total. The molecule has 1 aromatic heterocycles. The number of fused-ring (bicyclic) bond motifs is 1. The van der Waals surface area contributed by atoms with Crippen molar-refractivity contribution in [3.8, 4) is 0 Å². The van der Waals surface area contributed by atoms with E-state index in [0.29, 0.717) is 0 Å². The van der Waals surface area contributed by atoms with Gasteiger partial charge in [-0.05, 0) is 50.8 Å². The monoisotopic (exact) mass is 261 g/mol. The first-order valence-corrected chi connectivity index (χ1v) is 6.92. The van der Waals surface area contributed by atoms with Crippen LogP contribution in [0.5, 0.6) is 0 Å². The minimum absolute atomic E-state index is 0.292. The summed E-state index contributed by atoms with van der Waals surface area (Å²) in [5.74, 6) is 0. The van der Waals surface area contributed by atoms with Crippen LogP contribution in [0.1, 0.15) is 27.7 Å². The molecule has 1 aromatic carbocycles. The van der Waals surface area contributed by atoms with E-state index in [1.807, 2.05) is 17.5 Å². The molecule has 0 bridgehead atoms. The molecule has 2 aromatic rings. The van der Waals surface area contributed by atoms with E-state index in [4.69, 9.17) is 9.31 Å². The number of aromatic nitrogens is 1. The van der Waals surface area contributed by atoms with E-state index in [9.17, 15) is 0 Å². The maximum absolute atomic E-state index is 6.04. The van der Waals surface area contributed by atoms with Crippen molar-refractivity contribution in [2.24, 2.45) is 0 Å². The molecule has 1 saturated heterocycles. The Morgan fingerprint density at radius 1 is 1.11 bits per heavy atom. The van der Waals surface area contributed by atoms with Gasteiger partial charge in [-0.3, -0.25) is 0 Å². The molecule has 1 aliphatic heterocycles. The third-order valence-corrected chi connectivity index (χ3v) is 4.57. The van der Waals surface area contributed by atoms with Crippen LogP contribution in [0.15, 0.2) is 23.6 Å². The fourth-order valence-electron chi connectivity index (χ4n) is 2.02. The fraction of sp³-hybridized carbons (Fsp3) is 0.462. The molecule has 5 heteroatoms. The topological polar surface area (TPSA) is 31.4 Å². The molecule has 1 aliphatic rings. The van der Waals surface area contributed by atoms with Gasteiger partial charge in [0.25, 0.3) is 0 Å². The minimum atomic E-state index is -0.292. The Balaban J connectivity index is 1.96. The van der Waals surface area contributed by atoms with E-state index in [-0.39, 0.29) is 18.3 Å². The second-order valence-corrected chi connectivity index (χ2v) is 6.35. The first-order valence-electron chi connectivity index (χ1n) is 6.09. The van der Waals surface area contributed by atoms with Crippen molar-refractivity contribution < 1.29 is 9.31 Å². The van der Waals surface area contributed by atoms with Crippen molar-refractivity contribution in [3.05, 3.63) is 23.6 Å². The van der Waals surface area contributed by atoms with Crippen molar-refractivity contribution >= 4 is 35.0 Å². The molecule has 0 unspecified atom stereocenters. The summed E-state index contributed by atoms with van der Waals surface area (Å²) < 4.78 is 16.4. The zero-order valence-electron chi connectivity index (χ0n) is 11.1. The van der Waals surface area contributed by atoms with Gasteiger partial charge in [0.15, 0.2) is 0 Å². The number of hydrogen-bond acceptors (Lipinski definition) is 4. The molecular formula is C13H16BNO2S. The van der Waals surface area contributed by atoms with Crippen molar-refractivity contribution in [1.29, 1.82) is 0 Å². The molecule has 0 aliphatic carbocycles. The zero-order chi connectivity index (χ0) is 13.0. The van der Waals surface area contributed by atoms with E-state index < -0.39 is 0 Å². The summed E-state index contributed by atoms with van der Waals surface area (Å²) >= 11 is 1.47. The lowest BCUT2D eigenvalue weighted by atomic mass is 9.79. The van der Waals surface area contributed by atoms with E-state index in [1.165, 1.54) is 11.5 Å². The highest BCUT2D eigenvalue weighted by Gasteiger charge is 2.51. The summed E-state index contributed by atoms with van der Waals surface area (Å²) in [7, 11) is -0.292. The Hall–Kier alpha value is -0.905. The summed E-state index contributed by atoms with van der Waals surface area (Å²) in [5, 5.41) is 3.19. The molecule has 94 valence electrons. The van der Waals surface area contributed by atoms with Crippen LogP contribution in [0, 0.1) is 0 Å². The molecule has 2 heterocycles. The van der Waals surface area contributed by atoms with Crippen LogP contribution in [0.2, 0.25) is 0 Å². The van der Waals surface area contributed by atoms with Crippen LogP contribution in [0.4, 0.5) is 0 Å². The molecule has 0 saturated carbocycles. The molecule has 3 rings (SSSR count). The first-order chi connectivity index (χ1) is 8.39. The number of benzene rings is 1. The smallest absolute Gasteiger partial charge is 0.399 e. The second kappa shape index (κ2) is 3.79. The largest absolute Gasteiger partial charge is 0.494 e. The zero-order valence-corrected chi connectivity index (χ0v) is 11.9. The molecule has 1 fully saturated rings. The van der Waals surface area contributed by atoms with Crippen LogP contribution < -0.4 is 5.46 Å². The van der Waals surface area contributed by atoms with Crippen LogP contribution in [0.3, 0.4) is 0 Å². The molecular weight excluding hydrogens is 245 g/mol. The van der Waals surface area contributed by atoms with Gasteiger partial charge in [0.2, 0.25) is 0 Å². The fourth-order valence-corrected chi connectivity index (χ4v) is 2.65. The number of hydrogen-bond donors (Lipinski definition) is 0. The summed E-state index contributed by atoms with van der Waals surface area (Å²) in [4.78, 5) is 0. The average Bonchev–Trinajstić information content (AvgIpc) is 2.80. The minimum Gasteiger partial charge on any atom is -0.399 e. The van der Waals surface area contributed by atoms with Gasteiger partial charge in [0, 0.05) is 10.8 Å².